The molecule has 1 atom stereocenters. The van der Waals surface area contributed by atoms with E-state index in [1.165, 1.54) is 17.6 Å². The number of fused-ring (bicyclic) bond motifs is 1. The molecule has 1 aromatic heterocycles. The topological polar surface area (TPSA) is 125 Å². The van der Waals surface area contributed by atoms with E-state index >= 15 is 0 Å². The molecule has 44 heavy (non-hydrogen) atoms. The summed E-state index contributed by atoms with van der Waals surface area (Å²) in [5.41, 5.74) is 5.06. The standard InChI is InChI=1S/C33H39N3O7S/c1-5-18-42-26-17-12-22(19-27(26)40-6-2)20-34-36-30(37)21(4)43-24-15-13-23(14-16-24)31(38)35-32-29(33(39)41-7-3)25-10-8-9-11-28(25)44-32/h12-17,19-21H,5-11,18H2,1-4H3,(H,35,38)(H,36,37)/b34-20-/t21-/m0/s1. The van der Waals surface area contributed by atoms with Gasteiger partial charge in [0.25, 0.3) is 11.8 Å². The maximum absolute atomic E-state index is 13.1. The van der Waals surface area contributed by atoms with Crippen LogP contribution in [0.4, 0.5) is 5.00 Å². The third kappa shape index (κ3) is 8.37. The smallest absolute Gasteiger partial charge is 0.341 e. The molecule has 4 rings (SSSR count). The molecule has 0 fully saturated rings. The second-order valence-corrected chi connectivity index (χ2v) is 11.2. The van der Waals surface area contributed by atoms with Crippen LogP contribution >= 0.6 is 11.3 Å². The monoisotopic (exact) mass is 621 g/mol. The number of carbonyl (C=O) groups is 3. The third-order valence-electron chi connectivity index (χ3n) is 6.79. The highest BCUT2D eigenvalue weighted by atomic mass is 32.1. The Kier molecular flexibility index (Phi) is 11.8. The molecule has 0 aliphatic heterocycles. The minimum absolute atomic E-state index is 0.263. The molecule has 2 N–H and O–H groups in total. The number of hydrogen-bond donors (Lipinski definition) is 2. The van der Waals surface area contributed by atoms with Gasteiger partial charge >= 0.3 is 5.97 Å². The lowest BCUT2D eigenvalue weighted by Crippen LogP contribution is -2.33. The Bertz CT molecular complexity index is 1480. The van der Waals surface area contributed by atoms with Crippen LogP contribution in [0.5, 0.6) is 17.2 Å². The van der Waals surface area contributed by atoms with Gasteiger partial charge in [-0.25, -0.2) is 10.2 Å². The molecule has 3 aromatic rings. The van der Waals surface area contributed by atoms with Crippen molar-refractivity contribution in [2.75, 3.05) is 25.1 Å². The average Bonchev–Trinajstić information content (AvgIpc) is 3.39. The number of carbonyl (C=O) groups excluding carboxylic acids is 3. The molecule has 1 heterocycles. The fraction of sp³-hybridized carbons (Fsp3) is 0.394. The molecule has 0 spiro atoms. The Hall–Kier alpha value is -4.38. The Balaban J connectivity index is 1.33. The molecule has 234 valence electrons. The Morgan fingerprint density at radius 3 is 2.48 bits per heavy atom. The highest BCUT2D eigenvalue weighted by Crippen LogP contribution is 2.39. The number of thiophene rings is 1. The van der Waals surface area contributed by atoms with Crippen molar-refractivity contribution in [2.45, 2.75) is 65.9 Å². The molecule has 0 saturated carbocycles. The number of amides is 2. The summed E-state index contributed by atoms with van der Waals surface area (Å²) < 4.78 is 22.4. The maximum atomic E-state index is 13.1. The Morgan fingerprint density at radius 2 is 1.75 bits per heavy atom. The first-order valence-corrected chi connectivity index (χ1v) is 15.8. The zero-order valence-corrected chi connectivity index (χ0v) is 26.4. The number of hydrazone groups is 1. The van der Waals surface area contributed by atoms with Crippen LogP contribution in [-0.2, 0) is 22.4 Å². The van der Waals surface area contributed by atoms with Crippen molar-refractivity contribution >= 4 is 40.3 Å². The minimum Gasteiger partial charge on any atom is -0.490 e. The zero-order chi connectivity index (χ0) is 31.5. The molecule has 11 heteroatoms. The van der Waals surface area contributed by atoms with Crippen LogP contribution in [0.2, 0.25) is 0 Å². The lowest BCUT2D eigenvalue weighted by Gasteiger charge is -2.14. The summed E-state index contributed by atoms with van der Waals surface area (Å²) in [6.45, 7) is 8.64. The summed E-state index contributed by atoms with van der Waals surface area (Å²) in [6.07, 6.45) is 5.31. The van der Waals surface area contributed by atoms with Crippen LogP contribution < -0.4 is 25.0 Å². The van der Waals surface area contributed by atoms with E-state index in [4.69, 9.17) is 18.9 Å². The summed E-state index contributed by atoms with van der Waals surface area (Å²) in [5, 5.41) is 7.46. The van der Waals surface area contributed by atoms with Gasteiger partial charge in [0.15, 0.2) is 17.6 Å². The van der Waals surface area contributed by atoms with Gasteiger partial charge in [0.05, 0.1) is 31.6 Å². The Labute approximate surface area is 261 Å². The largest absolute Gasteiger partial charge is 0.490 e. The lowest BCUT2D eigenvalue weighted by molar-refractivity contribution is -0.127. The first kappa shape index (κ1) is 32.5. The fourth-order valence-corrected chi connectivity index (χ4v) is 5.93. The van der Waals surface area contributed by atoms with Crippen LogP contribution in [0.3, 0.4) is 0 Å². The summed E-state index contributed by atoms with van der Waals surface area (Å²) in [4.78, 5) is 39.5. The number of hydrogen-bond acceptors (Lipinski definition) is 9. The number of rotatable bonds is 14. The van der Waals surface area contributed by atoms with Crippen molar-refractivity contribution in [2.24, 2.45) is 5.10 Å². The predicted molar refractivity (Wildman–Crippen MR) is 171 cm³/mol. The first-order chi connectivity index (χ1) is 21.3. The normalized spacial score (nSPS) is 13.1. The van der Waals surface area contributed by atoms with Crippen molar-refractivity contribution in [3.8, 4) is 17.2 Å². The molecular formula is C33H39N3O7S. The summed E-state index contributed by atoms with van der Waals surface area (Å²) in [7, 11) is 0. The number of nitrogens with zero attached hydrogens (tertiary/aromatic N) is 1. The van der Waals surface area contributed by atoms with Gasteiger partial charge in [0.2, 0.25) is 0 Å². The average molecular weight is 622 g/mol. The van der Waals surface area contributed by atoms with Crippen molar-refractivity contribution in [1.29, 1.82) is 0 Å². The van der Waals surface area contributed by atoms with Crippen molar-refractivity contribution in [3.05, 3.63) is 69.6 Å². The van der Waals surface area contributed by atoms with E-state index in [-0.39, 0.29) is 12.5 Å². The van der Waals surface area contributed by atoms with Gasteiger partial charge in [-0.05, 0) is 106 Å². The zero-order valence-electron chi connectivity index (χ0n) is 25.6. The lowest BCUT2D eigenvalue weighted by atomic mass is 9.95. The molecule has 2 amide bonds. The van der Waals surface area contributed by atoms with Gasteiger partial charge in [0.1, 0.15) is 10.8 Å². The first-order valence-electron chi connectivity index (χ1n) is 15.0. The predicted octanol–water partition coefficient (Wildman–Crippen LogP) is 6.16. The summed E-state index contributed by atoms with van der Waals surface area (Å²) in [6, 6.07) is 11.9. The highest BCUT2D eigenvalue weighted by molar-refractivity contribution is 7.17. The summed E-state index contributed by atoms with van der Waals surface area (Å²) in [5.74, 6) is 0.484. The quantitative estimate of drug-likeness (QED) is 0.125. The van der Waals surface area contributed by atoms with Gasteiger partial charge in [-0.1, -0.05) is 6.92 Å². The van der Waals surface area contributed by atoms with Gasteiger partial charge in [0, 0.05) is 10.4 Å². The molecule has 0 saturated heterocycles. The highest BCUT2D eigenvalue weighted by Gasteiger charge is 2.27. The number of nitrogens with one attached hydrogen (secondary N) is 2. The van der Waals surface area contributed by atoms with E-state index in [1.54, 1.807) is 44.2 Å². The van der Waals surface area contributed by atoms with Gasteiger partial charge in [-0.3, -0.25) is 9.59 Å². The number of aryl methyl sites for hydroxylation is 1. The number of benzene rings is 2. The van der Waals surface area contributed by atoms with Crippen LogP contribution in [0.15, 0.2) is 47.6 Å². The van der Waals surface area contributed by atoms with Gasteiger partial charge in [-0.2, -0.15) is 5.10 Å². The second kappa shape index (κ2) is 15.9. The minimum atomic E-state index is -0.847. The van der Waals surface area contributed by atoms with E-state index in [1.807, 2.05) is 26.0 Å². The van der Waals surface area contributed by atoms with E-state index in [0.717, 1.165) is 48.1 Å². The number of anilines is 1. The maximum Gasteiger partial charge on any atom is 0.341 e. The second-order valence-electron chi connectivity index (χ2n) is 10.1. The Morgan fingerprint density at radius 1 is 0.977 bits per heavy atom. The van der Waals surface area contributed by atoms with Crippen molar-refractivity contribution in [1.82, 2.24) is 5.43 Å². The third-order valence-corrected chi connectivity index (χ3v) is 8.00. The van der Waals surface area contributed by atoms with E-state index in [2.05, 4.69) is 15.8 Å². The molecule has 0 unspecified atom stereocenters. The molecule has 2 aromatic carbocycles. The number of esters is 1. The van der Waals surface area contributed by atoms with Gasteiger partial charge in [-0.15, -0.1) is 11.3 Å². The van der Waals surface area contributed by atoms with E-state index in [9.17, 15) is 14.4 Å². The van der Waals surface area contributed by atoms with Crippen LogP contribution in [0, 0.1) is 0 Å². The fourth-order valence-electron chi connectivity index (χ4n) is 4.66. The molecule has 0 bridgehead atoms. The molecule has 1 aliphatic rings. The van der Waals surface area contributed by atoms with Gasteiger partial charge < -0.3 is 24.3 Å². The summed E-state index contributed by atoms with van der Waals surface area (Å²) >= 11 is 1.44. The van der Waals surface area contributed by atoms with Crippen LogP contribution in [0.25, 0.3) is 0 Å². The van der Waals surface area contributed by atoms with Crippen LogP contribution in [0.1, 0.15) is 83.7 Å². The van der Waals surface area contributed by atoms with E-state index < -0.39 is 18.0 Å². The van der Waals surface area contributed by atoms with Crippen molar-refractivity contribution < 1.29 is 33.3 Å². The van der Waals surface area contributed by atoms with Crippen LogP contribution in [-0.4, -0.2) is 49.9 Å². The molecule has 1 aliphatic carbocycles. The van der Waals surface area contributed by atoms with E-state index in [0.29, 0.717) is 46.6 Å². The van der Waals surface area contributed by atoms with Crippen molar-refractivity contribution in [3.63, 3.8) is 0 Å². The SMILES string of the molecule is CCCOc1ccc(/C=N\NC(=O)[C@H](C)Oc2ccc(C(=O)Nc3sc4c(c3C(=O)OCC)CCCC4)cc2)cc1OCC. The number of ether oxygens (including phenoxy) is 4. The molecule has 0 radical (unpaired) electrons. The molecular weight excluding hydrogens is 582 g/mol. The molecule has 10 nitrogen and oxygen atoms in total.